The second-order valence-electron chi connectivity index (χ2n) is 8.66. The van der Waals surface area contributed by atoms with Crippen molar-refractivity contribution in [1.29, 1.82) is 0 Å². The van der Waals surface area contributed by atoms with Gasteiger partial charge in [0.2, 0.25) is 5.91 Å². The van der Waals surface area contributed by atoms with Gasteiger partial charge in [0, 0.05) is 34.6 Å². The Morgan fingerprint density at radius 1 is 1.06 bits per heavy atom. The maximum absolute atomic E-state index is 12.6. The number of hydrazone groups is 1. The summed E-state index contributed by atoms with van der Waals surface area (Å²) in [7, 11) is 0. The van der Waals surface area contributed by atoms with Crippen LogP contribution in [0.1, 0.15) is 29.5 Å². The second-order valence-corrected chi connectivity index (χ2v) is 9.58. The number of nitro groups is 1. The van der Waals surface area contributed by atoms with Gasteiger partial charge in [0.15, 0.2) is 0 Å². The summed E-state index contributed by atoms with van der Waals surface area (Å²) < 4.78 is 6.98. The van der Waals surface area contributed by atoms with Crippen LogP contribution < -0.4 is 10.2 Å². The van der Waals surface area contributed by atoms with Gasteiger partial charge in [-0.25, -0.2) is 5.43 Å². The Bertz CT molecular complexity index is 1210. The van der Waals surface area contributed by atoms with Crippen molar-refractivity contribution in [3.63, 3.8) is 0 Å². The number of halogens is 1. The number of nitrogens with one attached hydrogen (secondary N) is 1. The summed E-state index contributed by atoms with van der Waals surface area (Å²) in [5, 5.41) is 15.0. The number of amides is 1. The van der Waals surface area contributed by atoms with E-state index in [0.717, 1.165) is 47.1 Å². The largest absolute Gasteiger partial charge is 0.488 e. The first kappa shape index (κ1) is 25.5. The number of likely N-dealkylation sites (tertiary alicyclic amines) is 1. The summed E-state index contributed by atoms with van der Waals surface area (Å²) in [5.74, 6) is 0.506. The average Bonchev–Trinajstić information content (AvgIpc) is 2.90. The highest BCUT2D eigenvalue weighted by Crippen LogP contribution is 2.21. The van der Waals surface area contributed by atoms with E-state index in [1.54, 1.807) is 18.3 Å². The van der Waals surface area contributed by atoms with Crippen molar-refractivity contribution < 1.29 is 14.5 Å². The Kier molecular flexibility index (Phi) is 8.80. The summed E-state index contributed by atoms with van der Waals surface area (Å²) >= 11 is 3.43. The summed E-state index contributed by atoms with van der Waals surface area (Å²) in [6.45, 7) is 2.71. The first-order valence-corrected chi connectivity index (χ1v) is 12.5. The molecule has 1 aliphatic heterocycles. The summed E-state index contributed by atoms with van der Waals surface area (Å²) in [6, 6.07) is 22.1. The number of piperidine rings is 1. The Morgan fingerprint density at radius 3 is 2.42 bits per heavy atom. The highest BCUT2D eigenvalue weighted by atomic mass is 79.9. The van der Waals surface area contributed by atoms with Crippen LogP contribution in [0.25, 0.3) is 0 Å². The lowest BCUT2D eigenvalue weighted by atomic mass is 9.96. The highest BCUT2D eigenvalue weighted by Gasteiger charge is 2.25. The predicted molar refractivity (Wildman–Crippen MR) is 142 cm³/mol. The predicted octanol–water partition coefficient (Wildman–Crippen LogP) is 5.30. The molecule has 1 aliphatic rings. The van der Waals surface area contributed by atoms with Crippen molar-refractivity contribution in [1.82, 2.24) is 10.3 Å². The standard InChI is InChI=1S/C27H27BrN4O4/c28-24-9-5-21(6-10-24)19-36-26-4-2-1-3-23(26)17-29-30-27(33)22-13-15-31(16-14-22)18-20-7-11-25(12-8-20)32(34)35/h1-12,17,22H,13-16,18-19H2,(H,30,33)/b29-17-. The average molecular weight is 551 g/mol. The molecule has 0 atom stereocenters. The van der Waals surface area contributed by atoms with Crippen LogP contribution in [0.4, 0.5) is 5.69 Å². The number of nitrogens with zero attached hydrogens (tertiary/aromatic N) is 3. The van der Waals surface area contributed by atoms with Crippen molar-refractivity contribution >= 4 is 33.7 Å². The zero-order valence-corrected chi connectivity index (χ0v) is 21.3. The summed E-state index contributed by atoms with van der Waals surface area (Å²) in [4.78, 5) is 25.3. The molecule has 1 saturated heterocycles. The molecule has 0 saturated carbocycles. The molecule has 0 spiro atoms. The van der Waals surface area contributed by atoms with Gasteiger partial charge in [0.25, 0.3) is 5.69 Å². The minimum absolute atomic E-state index is 0.0884. The van der Waals surface area contributed by atoms with Gasteiger partial charge in [0.1, 0.15) is 12.4 Å². The van der Waals surface area contributed by atoms with E-state index in [1.165, 1.54) is 12.1 Å². The van der Waals surface area contributed by atoms with Gasteiger partial charge in [-0.05, 0) is 61.3 Å². The zero-order chi connectivity index (χ0) is 25.3. The van der Waals surface area contributed by atoms with Gasteiger partial charge in [-0.1, -0.05) is 52.3 Å². The molecule has 0 bridgehead atoms. The maximum atomic E-state index is 12.6. The van der Waals surface area contributed by atoms with Crippen molar-refractivity contribution in [2.75, 3.05) is 13.1 Å². The van der Waals surface area contributed by atoms with Crippen LogP contribution in [0.15, 0.2) is 82.4 Å². The fourth-order valence-electron chi connectivity index (χ4n) is 4.05. The number of hydrogen-bond acceptors (Lipinski definition) is 6. The summed E-state index contributed by atoms with van der Waals surface area (Å²) in [6.07, 6.45) is 3.08. The quantitative estimate of drug-likeness (QED) is 0.221. The van der Waals surface area contributed by atoms with E-state index in [4.69, 9.17) is 4.74 Å². The number of rotatable bonds is 9. The Labute approximate surface area is 218 Å². The van der Waals surface area contributed by atoms with E-state index in [0.29, 0.717) is 18.9 Å². The number of carbonyl (C=O) groups is 1. The molecule has 3 aromatic rings. The number of carbonyl (C=O) groups excluding carboxylic acids is 1. The molecule has 0 aromatic heterocycles. The van der Waals surface area contributed by atoms with Crippen molar-refractivity contribution in [2.45, 2.75) is 26.0 Å². The minimum atomic E-state index is -0.397. The van der Waals surface area contributed by atoms with Crippen molar-refractivity contribution in [3.05, 3.63) is 104 Å². The highest BCUT2D eigenvalue weighted by molar-refractivity contribution is 9.10. The van der Waals surface area contributed by atoms with E-state index < -0.39 is 4.92 Å². The van der Waals surface area contributed by atoms with E-state index in [-0.39, 0.29) is 17.5 Å². The lowest BCUT2D eigenvalue weighted by Gasteiger charge is -2.30. The van der Waals surface area contributed by atoms with Crippen molar-refractivity contribution in [3.8, 4) is 5.75 Å². The number of para-hydroxylation sites is 1. The molecule has 9 heteroatoms. The van der Waals surface area contributed by atoms with Crippen LogP contribution in [0.5, 0.6) is 5.75 Å². The normalized spacial score (nSPS) is 14.6. The van der Waals surface area contributed by atoms with Crippen LogP contribution in [0, 0.1) is 16.0 Å². The van der Waals surface area contributed by atoms with Gasteiger partial charge in [-0.2, -0.15) is 5.10 Å². The number of non-ortho nitro benzene ring substituents is 1. The molecule has 0 radical (unpaired) electrons. The molecule has 0 aliphatic carbocycles. The second kappa shape index (κ2) is 12.4. The molecule has 1 fully saturated rings. The van der Waals surface area contributed by atoms with Crippen LogP contribution in [0.2, 0.25) is 0 Å². The van der Waals surface area contributed by atoms with Gasteiger partial charge < -0.3 is 4.74 Å². The minimum Gasteiger partial charge on any atom is -0.488 e. The van der Waals surface area contributed by atoms with Gasteiger partial charge in [-0.15, -0.1) is 0 Å². The first-order chi connectivity index (χ1) is 17.5. The Balaban J connectivity index is 1.24. The number of nitro benzene ring substituents is 1. The van der Waals surface area contributed by atoms with Gasteiger partial charge >= 0.3 is 0 Å². The third kappa shape index (κ3) is 7.22. The van der Waals surface area contributed by atoms with E-state index in [9.17, 15) is 14.9 Å². The fraction of sp³-hybridized carbons (Fsp3) is 0.259. The van der Waals surface area contributed by atoms with Crippen molar-refractivity contribution in [2.24, 2.45) is 11.0 Å². The van der Waals surface area contributed by atoms with E-state index in [2.05, 4.69) is 31.4 Å². The lowest BCUT2D eigenvalue weighted by Crippen LogP contribution is -2.39. The Hall–Kier alpha value is -3.56. The maximum Gasteiger partial charge on any atom is 0.269 e. The first-order valence-electron chi connectivity index (χ1n) is 11.7. The topological polar surface area (TPSA) is 97.1 Å². The number of benzene rings is 3. The third-order valence-electron chi connectivity index (χ3n) is 6.12. The smallest absolute Gasteiger partial charge is 0.269 e. The van der Waals surface area contributed by atoms with Crippen LogP contribution in [-0.2, 0) is 17.9 Å². The van der Waals surface area contributed by atoms with Gasteiger partial charge in [0.05, 0.1) is 11.1 Å². The molecular weight excluding hydrogens is 524 g/mol. The molecule has 3 aromatic carbocycles. The number of ether oxygens (including phenoxy) is 1. The zero-order valence-electron chi connectivity index (χ0n) is 19.7. The molecule has 0 unspecified atom stereocenters. The van der Waals surface area contributed by atoms with E-state index >= 15 is 0 Å². The van der Waals surface area contributed by atoms with Crippen LogP contribution in [0.3, 0.4) is 0 Å². The fourth-order valence-corrected chi connectivity index (χ4v) is 4.32. The summed E-state index contributed by atoms with van der Waals surface area (Å²) in [5.41, 5.74) is 5.63. The molecule has 1 heterocycles. The SMILES string of the molecule is O=C(N/N=C\c1ccccc1OCc1ccc(Br)cc1)C1CCN(Cc2ccc([N+](=O)[O-])cc2)CC1. The lowest BCUT2D eigenvalue weighted by molar-refractivity contribution is -0.384. The molecule has 4 rings (SSSR count). The van der Waals surface area contributed by atoms with E-state index in [1.807, 2.05) is 48.5 Å². The monoisotopic (exact) mass is 550 g/mol. The third-order valence-corrected chi connectivity index (χ3v) is 6.65. The molecule has 1 amide bonds. The van der Waals surface area contributed by atoms with Crippen LogP contribution >= 0.6 is 15.9 Å². The number of hydrogen-bond donors (Lipinski definition) is 1. The molecule has 1 N–H and O–H groups in total. The molecule has 186 valence electrons. The molecule has 36 heavy (non-hydrogen) atoms. The molecule has 8 nitrogen and oxygen atoms in total. The molecular formula is C27H27BrN4O4. The Morgan fingerprint density at radius 2 is 1.72 bits per heavy atom. The van der Waals surface area contributed by atoms with Gasteiger partial charge in [-0.3, -0.25) is 19.8 Å². The van der Waals surface area contributed by atoms with Crippen LogP contribution in [-0.4, -0.2) is 35.0 Å².